The van der Waals surface area contributed by atoms with E-state index in [9.17, 15) is 9.90 Å². The summed E-state index contributed by atoms with van der Waals surface area (Å²) in [4.78, 5) is 12.1. The summed E-state index contributed by atoms with van der Waals surface area (Å²) in [5, 5.41) is 15.0. The first-order valence-electron chi connectivity index (χ1n) is 7.83. The van der Waals surface area contributed by atoms with Gasteiger partial charge in [0.25, 0.3) is 0 Å². The predicted octanol–water partition coefficient (Wildman–Crippen LogP) is 1.82. The summed E-state index contributed by atoms with van der Waals surface area (Å²) in [6.45, 7) is 0.393. The standard InChI is InChI=1S/C18H20N2O4/c21-11-15(9-13-5-2-1-3-6-13)20-18(22)19-10-14-7-4-8-16-17(14)24-12-23-16/h1-8,15,21H,9-12H2,(H2,19,20,22)/t15-/m0/s1. The fraction of sp³-hybridized carbons (Fsp3) is 0.278. The van der Waals surface area contributed by atoms with Crippen LogP contribution < -0.4 is 20.1 Å². The lowest BCUT2D eigenvalue weighted by Gasteiger charge is -2.17. The maximum Gasteiger partial charge on any atom is 0.315 e. The van der Waals surface area contributed by atoms with E-state index in [0.29, 0.717) is 24.5 Å². The van der Waals surface area contributed by atoms with Crippen molar-refractivity contribution >= 4 is 6.03 Å². The monoisotopic (exact) mass is 328 g/mol. The van der Waals surface area contributed by atoms with E-state index in [0.717, 1.165) is 11.1 Å². The highest BCUT2D eigenvalue weighted by Gasteiger charge is 2.18. The van der Waals surface area contributed by atoms with Crippen LogP contribution in [0.25, 0.3) is 0 Å². The molecule has 0 radical (unpaired) electrons. The number of nitrogens with one attached hydrogen (secondary N) is 2. The Morgan fingerprint density at radius 1 is 1.12 bits per heavy atom. The Balaban J connectivity index is 1.52. The van der Waals surface area contributed by atoms with Crippen LogP contribution in [-0.2, 0) is 13.0 Å². The van der Waals surface area contributed by atoms with Crippen molar-refractivity contribution in [2.24, 2.45) is 0 Å². The molecule has 0 fully saturated rings. The van der Waals surface area contributed by atoms with Crippen LogP contribution in [0, 0.1) is 0 Å². The smallest absolute Gasteiger partial charge is 0.315 e. The van der Waals surface area contributed by atoms with Gasteiger partial charge in [-0.05, 0) is 18.1 Å². The Hall–Kier alpha value is -2.73. The molecule has 0 aromatic heterocycles. The van der Waals surface area contributed by atoms with Crippen LogP contribution in [0.4, 0.5) is 4.79 Å². The van der Waals surface area contributed by atoms with E-state index in [1.165, 1.54) is 0 Å². The molecule has 2 aromatic rings. The van der Waals surface area contributed by atoms with Gasteiger partial charge in [0.15, 0.2) is 11.5 Å². The van der Waals surface area contributed by atoms with Crippen LogP contribution in [0.1, 0.15) is 11.1 Å². The molecule has 3 N–H and O–H groups in total. The largest absolute Gasteiger partial charge is 0.454 e. The van der Waals surface area contributed by atoms with Crippen molar-refractivity contribution in [2.45, 2.75) is 19.0 Å². The van der Waals surface area contributed by atoms with Crippen molar-refractivity contribution in [1.29, 1.82) is 0 Å². The number of para-hydroxylation sites is 1. The summed E-state index contributed by atoms with van der Waals surface area (Å²) >= 11 is 0. The van der Waals surface area contributed by atoms with Crippen LogP contribution >= 0.6 is 0 Å². The molecular weight excluding hydrogens is 308 g/mol. The van der Waals surface area contributed by atoms with E-state index >= 15 is 0 Å². The van der Waals surface area contributed by atoms with Gasteiger partial charge in [-0.15, -0.1) is 0 Å². The average Bonchev–Trinajstić information content (AvgIpc) is 3.09. The fourth-order valence-electron chi connectivity index (χ4n) is 2.60. The highest BCUT2D eigenvalue weighted by atomic mass is 16.7. The molecule has 1 aliphatic heterocycles. The summed E-state index contributed by atoms with van der Waals surface area (Å²) in [5.41, 5.74) is 1.91. The molecule has 126 valence electrons. The Morgan fingerprint density at radius 3 is 2.75 bits per heavy atom. The van der Waals surface area contributed by atoms with Gasteiger partial charge in [-0.1, -0.05) is 42.5 Å². The van der Waals surface area contributed by atoms with E-state index < -0.39 is 0 Å². The number of hydrogen-bond donors (Lipinski definition) is 3. The Kier molecular flexibility index (Phi) is 5.18. The summed E-state index contributed by atoms with van der Waals surface area (Å²) in [6.07, 6.45) is 0.572. The molecule has 0 saturated carbocycles. The molecule has 0 aliphatic carbocycles. The number of aliphatic hydroxyl groups is 1. The fourth-order valence-corrected chi connectivity index (χ4v) is 2.60. The van der Waals surface area contributed by atoms with Gasteiger partial charge < -0.3 is 25.2 Å². The van der Waals surface area contributed by atoms with Gasteiger partial charge in [-0.3, -0.25) is 0 Å². The molecule has 0 unspecified atom stereocenters. The highest BCUT2D eigenvalue weighted by molar-refractivity contribution is 5.74. The number of fused-ring (bicyclic) bond motifs is 1. The number of aliphatic hydroxyl groups excluding tert-OH is 1. The topological polar surface area (TPSA) is 79.8 Å². The van der Waals surface area contributed by atoms with Crippen LogP contribution in [0.3, 0.4) is 0 Å². The predicted molar refractivity (Wildman–Crippen MR) is 89.0 cm³/mol. The summed E-state index contributed by atoms with van der Waals surface area (Å²) < 4.78 is 10.7. The molecule has 6 nitrogen and oxygen atoms in total. The van der Waals surface area contributed by atoms with Crippen molar-refractivity contribution in [3.05, 3.63) is 59.7 Å². The minimum absolute atomic E-state index is 0.125. The normalized spacial score (nSPS) is 13.4. The zero-order valence-corrected chi connectivity index (χ0v) is 13.2. The number of carbonyl (C=O) groups excluding carboxylic acids is 1. The zero-order valence-electron chi connectivity index (χ0n) is 13.2. The van der Waals surface area contributed by atoms with E-state index in [4.69, 9.17) is 9.47 Å². The Labute approximate surface area is 140 Å². The molecule has 0 bridgehead atoms. The van der Waals surface area contributed by atoms with E-state index in [-0.39, 0.29) is 25.5 Å². The number of amides is 2. The van der Waals surface area contributed by atoms with Gasteiger partial charge >= 0.3 is 6.03 Å². The number of rotatable bonds is 6. The molecule has 24 heavy (non-hydrogen) atoms. The molecular formula is C18H20N2O4. The molecule has 0 spiro atoms. The minimum Gasteiger partial charge on any atom is -0.454 e. The Morgan fingerprint density at radius 2 is 1.96 bits per heavy atom. The third-order valence-electron chi connectivity index (χ3n) is 3.80. The summed E-state index contributed by atoms with van der Waals surface area (Å²) in [5.74, 6) is 1.35. The van der Waals surface area contributed by atoms with E-state index in [2.05, 4.69) is 10.6 Å². The van der Waals surface area contributed by atoms with Gasteiger partial charge in [0.2, 0.25) is 6.79 Å². The summed E-state index contributed by atoms with van der Waals surface area (Å²) in [6, 6.07) is 14.6. The number of urea groups is 1. The number of ether oxygens (including phenoxy) is 2. The SMILES string of the molecule is O=C(NCc1cccc2c1OCO2)N[C@H](CO)Cc1ccccc1. The van der Waals surface area contributed by atoms with Crippen LogP contribution in [0.2, 0.25) is 0 Å². The molecule has 1 heterocycles. The van der Waals surface area contributed by atoms with E-state index in [1.54, 1.807) is 0 Å². The Bertz CT molecular complexity index is 691. The maximum absolute atomic E-state index is 12.1. The van der Waals surface area contributed by atoms with Crippen molar-refractivity contribution in [1.82, 2.24) is 10.6 Å². The third kappa shape index (κ3) is 3.97. The first-order chi connectivity index (χ1) is 11.8. The lowest BCUT2D eigenvalue weighted by atomic mass is 10.1. The number of hydrogen-bond acceptors (Lipinski definition) is 4. The maximum atomic E-state index is 12.1. The van der Waals surface area contributed by atoms with E-state index in [1.807, 2.05) is 48.5 Å². The number of carbonyl (C=O) groups is 1. The quantitative estimate of drug-likeness (QED) is 0.756. The second-order valence-electron chi connectivity index (χ2n) is 5.55. The zero-order chi connectivity index (χ0) is 16.8. The van der Waals surface area contributed by atoms with Crippen molar-refractivity contribution in [3.8, 4) is 11.5 Å². The average molecular weight is 328 g/mol. The second-order valence-corrected chi connectivity index (χ2v) is 5.55. The number of benzene rings is 2. The van der Waals surface area contributed by atoms with Crippen molar-refractivity contribution in [2.75, 3.05) is 13.4 Å². The minimum atomic E-state index is -0.339. The lowest BCUT2D eigenvalue weighted by molar-refractivity contribution is 0.173. The molecule has 1 atom stereocenters. The lowest BCUT2D eigenvalue weighted by Crippen LogP contribution is -2.44. The van der Waals surface area contributed by atoms with Crippen molar-refractivity contribution < 1.29 is 19.4 Å². The van der Waals surface area contributed by atoms with Gasteiger partial charge in [0, 0.05) is 12.1 Å². The first kappa shape index (κ1) is 16.1. The molecule has 2 aromatic carbocycles. The molecule has 3 rings (SSSR count). The third-order valence-corrected chi connectivity index (χ3v) is 3.80. The van der Waals surface area contributed by atoms with Gasteiger partial charge in [-0.2, -0.15) is 0 Å². The molecule has 6 heteroatoms. The second kappa shape index (κ2) is 7.70. The summed E-state index contributed by atoms with van der Waals surface area (Å²) in [7, 11) is 0. The van der Waals surface area contributed by atoms with Crippen LogP contribution in [-0.4, -0.2) is 30.6 Å². The highest BCUT2D eigenvalue weighted by Crippen LogP contribution is 2.35. The van der Waals surface area contributed by atoms with Gasteiger partial charge in [-0.25, -0.2) is 4.79 Å². The molecule has 2 amide bonds. The van der Waals surface area contributed by atoms with Crippen molar-refractivity contribution in [3.63, 3.8) is 0 Å². The molecule has 0 saturated heterocycles. The van der Waals surface area contributed by atoms with Gasteiger partial charge in [0.1, 0.15) is 0 Å². The van der Waals surface area contributed by atoms with Crippen LogP contribution in [0.5, 0.6) is 11.5 Å². The van der Waals surface area contributed by atoms with Gasteiger partial charge in [0.05, 0.1) is 12.6 Å². The molecule has 1 aliphatic rings. The first-order valence-corrected chi connectivity index (χ1v) is 7.83. The van der Waals surface area contributed by atoms with Crippen LogP contribution in [0.15, 0.2) is 48.5 Å².